The van der Waals surface area contributed by atoms with Gasteiger partial charge in [0.05, 0.1) is 6.54 Å². The molecule has 0 aliphatic carbocycles. The Morgan fingerprint density at radius 2 is 2.04 bits per heavy atom. The van der Waals surface area contributed by atoms with Crippen LogP contribution in [0.1, 0.15) is 37.3 Å². The maximum absolute atomic E-state index is 11.5. The van der Waals surface area contributed by atoms with Gasteiger partial charge in [0.25, 0.3) is 0 Å². The van der Waals surface area contributed by atoms with Crippen molar-refractivity contribution in [2.75, 3.05) is 0 Å². The molecule has 1 N–H and O–H groups in total. The van der Waals surface area contributed by atoms with Crippen LogP contribution < -0.4 is 0 Å². The molecule has 136 valence electrons. The number of fused-ring (bicyclic) bond motifs is 1. The number of aromatic nitrogens is 5. The van der Waals surface area contributed by atoms with E-state index in [2.05, 4.69) is 32.4 Å². The number of aryl methyl sites for hydroxylation is 1. The minimum absolute atomic E-state index is 0.546. The van der Waals surface area contributed by atoms with E-state index in [0.717, 1.165) is 18.4 Å². The van der Waals surface area contributed by atoms with Crippen LogP contribution in [-0.2, 0) is 11.3 Å². The maximum Gasteiger partial charge on any atom is 0.317 e. The van der Waals surface area contributed by atoms with Crippen molar-refractivity contribution in [1.82, 2.24) is 25.0 Å². The Hall–Kier alpha value is -2.48. The van der Waals surface area contributed by atoms with Gasteiger partial charge in [-0.3, -0.25) is 4.79 Å². The molecule has 7 nitrogen and oxygen atoms in total. The second kappa shape index (κ2) is 8.27. The van der Waals surface area contributed by atoms with Crippen LogP contribution in [0.4, 0.5) is 0 Å². The van der Waals surface area contributed by atoms with E-state index in [1.54, 1.807) is 4.68 Å². The van der Waals surface area contributed by atoms with Crippen molar-refractivity contribution < 1.29 is 9.90 Å². The van der Waals surface area contributed by atoms with E-state index in [9.17, 15) is 9.90 Å². The van der Waals surface area contributed by atoms with Crippen LogP contribution in [0.2, 0.25) is 0 Å². The average Bonchev–Trinajstić information content (AvgIpc) is 3.04. The highest BCUT2D eigenvalue weighted by atomic mass is 32.2. The van der Waals surface area contributed by atoms with E-state index in [0.29, 0.717) is 29.2 Å². The summed E-state index contributed by atoms with van der Waals surface area (Å²) in [7, 11) is 0. The van der Waals surface area contributed by atoms with Crippen molar-refractivity contribution in [2.24, 2.45) is 0 Å². The molecule has 3 aromatic rings. The Balaban J connectivity index is 1.85. The first kappa shape index (κ1) is 18.3. The first-order valence-electron chi connectivity index (χ1n) is 8.57. The van der Waals surface area contributed by atoms with Gasteiger partial charge in [-0.05, 0) is 18.9 Å². The van der Waals surface area contributed by atoms with E-state index in [1.807, 2.05) is 26.0 Å². The molecule has 0 radical (unpaired) electrons. The van der Waals surface area contributed by atoms with E-state index < -0.39 is 11.2 Å². The van der Waals surface area contributed by atoms with Crippen molar-refractivity contribution >= 4 is 28.9 Å². The topological polar surface area (TPSA) is 93.8 Å². The van der Waals surface area contributed by atoms with Gasteiger partial charge in [0.15, 0.2) is 11.2 Å². The molecule has 3 rings (SSSR count). The number of benzene rings is 1. The minimum Gasteiger partial charge on any atom is -0.480 e. The summed E-state index contributed by atoms with van der Waals surface area (Å²) >= 11 is 1.22. The molecule has 1 aromatic carbocycles. The Bertz CT molecular complexity index is 894. The standard InChI is InChI=1S/C18H21N5O2S/c1-3-4-5-14(18(24)25)26-17-15-16(19-11-20-17)23(22-21-15)10-13-8-6-12(2)7-9-13/h6-9,11,14H,3-5,10H2,1-2H3,(H,24,25)/t14-/m1/s1. The normalized spacial score (nSPS) is 12.4. The lowest BCUT2D eigenvalue weighted by Crippen LogP contribution is -2.16. The number of hydrogen-bond donors (Lipinski definition) is 1. The predicted molar refractivity (Wildman–Crippen MR) is 100 cm³/mol. The van der Waals surface area contributed by atoms with E-state index in [4.69, 9.17) is 0 Å². The molecule has 0 amide bonds. The molecule has 2 heterocycles. The smallest absolute Gasteiger partial charge is 0.317 e. The number of thioether (sulfide) groups is 1. The molecule has 0 bridgehead atoms. The molecule has 0 unspecified atom stereocenters. The maximum atomic E-state index is 11.5. The molecule has 0 spiro atoms. The van der Waals surface area contributed by atoms with Crippen LogP contribution in [0, 0.1) is 6.92 Å². The van der Waals surface area contributed by atoms with Crippen molar-refractivity contribution in [2.45, 2.75) is 49.9 Å². The largest absolute Gasteiger partial charge is 0.480 e. The van der Waals surface area contributed by atoms with Crippen molar-refractivity contribution in [1.29, 1.82) is 0 Å². The summed E-state index contributed by atoms with van der Waals surface area (Å²) in [5.74, 6) is -0.831. The fourth-order valence-electron chi connectivity index (χ4n) is 2.59. The van der Waals surface area contributed by atoms with Gasteiger partial charge in [0.1, 0.15) is 16.6 Å². The fraction of sp³-hybridized carbons (Fsp3) is 0.389. The lowest BCUT2D eigenvalue weighted by atomic mass is 10.1. The third kappa shape index (κ3) is 4.19. The predicted octanol–water partition coefficient (Wildman–Crippen LogP) is 3.31. The molecule has 0 saturated carbocycles. The lowest BCUT2D eigenvalue weighted by molar-refractivity contribution is -0.136. The number of hydrogen-bond acceptors (Lipinski definition) is 6. The number of carboxylic acid groups (broad SMARTS) is 1. The highest BCUT2D eigenvalue weighted by molar-refractivity contribution is 8.00. The molecule has 0 aliphatic heterocycles. The summed E-state index contributed by atoms with van der Waals surface area (Å²) in [5.41, 5.74) is 3.46. The Morgan fingerprint density at radius 1 is 1.27 bits per heavy atom. The summed E-state index contributed by atoms with van der Waals surface area (Å²) in [4.78, 5) is 20.1. The number of carbonyl (C=O) groups is 1. The second-order valence-corrected chi connectivity index (χ2v) is 7.36. The van der Waals surface area contributed by atoms with Gasteiger partial charge < -0.3 is 5.11 Å². The molecule has 0 aliphatic rings. The van der Waals surface area contributed by atoms with Gasteiger partial charge in [-0.15, -0.1) is 5.10 Å². The molecule has 2 aromatic heterocycles. The van der Waals surface area contributed by atoms with E-state index in [-0.39, 0.29) is 0 Å². The third-order valence-electron chi connectivity index (χ3n) is 4.07. The van der Waals surface area contributed by atoms with Crippen LogP contribution >= 0.6 is 11.8 Å². The minimum atomic E-state index is -0.831. The van der Waals surface area contributed by atoms with Crippen LogP contribution in [-0.4, -0.2) is 41.3 Å². The number of aliphatic carboxylic acids is 1. The zero-order valence-electron chi connectivity index (χ0n) is 14.8. The van der Waals surface area contributed by atoms with Crippen LogP contribution in [0.5, 0.6) is 0 Å². The average molecular weight is 371 g/mol. The third-order valence-corrected chi connectivity index (χ3v) is 5.31. The molecule has 26 heavy (non-hydrogen) atoms. The summed E-state index contributed by atoms with van der Waals surface area (Å²) in [6.45, 7) is 4.64. The first-order valence-corrected chi connectivity index (χ1v) is 9.45. The van der Waals surface area contributed by atoms with E-state index in [1.165, 1.54) is 23.7 Å². The van der Waals surface area contributed by atoms with Gasteiger partial charge in [0.2, 0.25) is 0 Å². The zero-order valence-corrected chi connectivity index (χ0v) is 15.6. The van der Waals surface area contributed by atoms with Crippen molar-refractivity contribution in [3.63, 3.8) is 0 Å². The summed E-state index contributed by atoms with van der Waals surface area (Å²) < 4.78 is 1.72. The fourth-order valence-corrected chi connectivity index (χ4v) is 3.59. The first-order chi connectivity index (χ1) is 12.6. The van der Waals surface area contributed by atoms with Crippen LogP contribution in [0.15, 0.2) is 35.6 Å². The summed E-state index contributed by atoms with van der Waals surface area (Å²) in [6.07, 6.45) is 3.85. The Kier molecular flexibility index (Phi) is 5.82. The molecular weight excluding hydrogens is 350 g/mol. The molecular formula is C18H21N5O2S. The van der Waals surface area contributed by atoms with Crippen LogP contribution in [0.3, 0.4) is 0 Å². The molecule has 1 atom stereocenters. The summed E-state index contributed by atoms with van der Waals surface area (Å²) in [6, 6.07) is 8.20. The number of rotatable bonds is 8. The van der Waals surface area contributed by atoms with Crippen molar-refractivity contribution in [3.8, 4) is 0 Å². The molecule has 0 fully saturated rings. The van der Waals surface area contributed by atoms with Gasteiger partial charge >= 0.3 is 5.97 Å². The number of unbranched alkanes of at least 4 members (excludes halogenated alkanes) is 1. The summed E-state index contributed by atoms with van der Waals surface area (Å²) in [5, 5.41) is 17.9. The zero-order chi connectivity index (χ0) is 18.5. The van der Waals surface area contributed by atoms with Crippen molar-refractivity contribution in [3.05, 3.63) is 41.7 Å². The number of carboxylic acids is 1. The van der Waals surface area contributed by atoms with Crippen LogP contribution in [0.25, 0.3) is 11.2 Å². The number of nitrogens with zero attached hydrogens (tertiary/aromatic N) is 5. The highest BCUT2D eigenvalue weighted by Gasteiger charge is 2.22. The lowest BCUT2D eigenvalue weighted by Gasteiger charge is -2.10. The van der Waals surface area contributed by atoms with Gasteiger partial charge in [-0.2, -0.15) is 0 Å². The van der Waals surface area contributed by atoms with Gasteiger partial charge in [0, 0.05) is 0 Å². The molecule has 8 heteroatoms. The Morgan fingerprint density at radius 3 is 2.73 bits per heavy atom. The van der Waals surface area contributed by atoms with Gasteiger partial charge in [-0.25, -0.2) is 14.6 Å². The van der Waals surface area contributed by atoms with E-state index >= 15 is 0 Å². The second-order valence-electron chi connectivity index (χ2n) is 6.17. The monoisotopic (exact) mass is 371 g/mol. The molecule has 0 saturated heterocycles. The van der Waals surface area contributed by atoms with Gasteiger partial charge in [-0.1, -0.05) is 66.6 Å². The highest BCUT2D eigenvalue weighted by Crippen LogP contribution is 2.29. The SMILES string of the molecule is CCCC[C@@H](Sc1ncnc2c1nnn2Cc1ccc(C)cc1)C(=O)O. The Labute approximate surface area is 155 Å². The quantitative estimate of drug-likeness (QED) is 0.479.